The Balaban J connectivity index is 2.62. The first-order valence-corrected chi connectivity index (χ1v) is 9.23. The molecule has 0 amide bonds. The van der Waals surface area contributed by atoms with Crippen molar-refractivity contribution in [3.05, 3.63) is 47.2 Å². The minimum absolute atomic E-state index is 0.158. The molecule has 5 nitrogen and oxygen atoms in total. The van der Waals surface area contributed by atoms with Gasteiger partial charge in [0, 0.05) is 12.7 Å². The number of hydrogen-bond donors (Lipinski definition) is 0. The lowest BCUT2D eigenvalue weighted by atomic mass is 9.98. The van der Waals surface area contributed by atoms with Gasteiger partial charge in [-0.15, -0.1) is 0 Å². The van der Waals surface area contributed by atoms with Gasteiger partial charge in [0.25, 0.3) is 10.0 Å². The van der Waals surface area contributed by atoms with Crippen molar-refractivity contribution in [3.8, 4) is 5.75 Å². The van der Waals surface area contributed by atoms with Crippen molar-refractivity contribution in [2.75, 3.05) is 18.5 Å². The number of hydrogen-bond acceptors (Lipinski definition) is 4. The molecule has 0 bridgehead atoms. The lowest BCUT2D eigenvalue weighted by Gasteiger charge is -2.22. The van der Waals surface area contributed by atoms with Crippen molar-refractivity contribution < 1.29 is 13.2 Å². The lowest BCUT2D eigenvalue weighted by Crippen LogP contribution is -2.28. The van der Waals surface area contributed by atoms with Crippen molar-refractivity contribution >= 4 is 15.8 Å². The van der Waals surface area contributed by atoms with Crippen LogP contribution < -0.4 is 9.04 Å². The lowest BCUT2D eigenvalue weighted by molar-refractivity contribution is 0.402. The molecular formula is C18H24N2O3S. The zero-order chi connectivity index (χ0) is 18.1. The number of benzene rings is 1. The Kier molecular flexibility index (Phi) is 5.18. The zero-order valence-electron chi connectivity index (χ0n) is 15.0. The molecule has 0 aliphatic heterocycles. The van der Waals surface area contributed by atoms with Gasteiger partial charge in [0.1, 0.15) is 16.5 Å². The molecule has 0 N–H and O–H groups in total. The van der Waals surface area contributed by atoms with E-state index in [1.54, 1.807) is 24.3 Å². The summed E-state index contributed by atoms with van der Waals surface area (Å²) in [6.07, 6.45) is 0. The largest absolute Gasteiger partial charge is 0.495 e. The van der Waals surface area contributed by atoms with E-state index in [0.29, 0.717) is 11.6 Å². The Labute approximate surface area is 144 Å². The molecule has 2 rings (SSSR count). The second-order valence-corrected chi connectivity index (χ2v) is 8.06. The number of nitrogens with zero attached hydrogens (tertiary/aromatic N) is 2. The fraction of sp³-hybridized carbons (Fsp3) is 0.389. The number of anilines is 1. The highest BCUT2D eigenvalue weighted by Gasteiger charge is 2.27. The summed E-state index contributed by atoms with van der Waals surface area (Å²) in [5.74, 6) is 0.937. The van der Waals surface area contributed by atoms with Crippen molar-refractivity contribution in [1.29, 1.82) is 0 Å². The van der Waals surface area contributed by atoms with E-state index in [2.05, 4.69) is 4.98 Å². The quantitative estimate of drug-likeness (QED) is 0.827. The van der Waals surface area contributed by atoms with Gasteiger partial charge in [-0.3, -0.25) is 4.31 Å². The van der Waals surface area contributed by atoms with Crippen LogP contribution in [0.1, 0.15) is 36.6 Å². The molecule has 0 saturated heterocycles. The van der Waals surface area contributed by atoms with E-state index in [4.69, 9.17) is 4.74 Å². The number of pyridine rings is 1. The zero-order valence-corrected chi connectivity index (χ0v) is 15.8. The Morgan fingerprint density at radius 3 is 2.38 bits per heavy atom. The highest BCUT2D eigenvalue weighted by Crippen LogP contribution is 2.33. The summed E-state index contributed by atoms with van der Waals surface area (Å²) >= 11 is 0. The number of rotatable bonds is 5. The Morgan fingerprint density at radius 1 is 1.17 bits per heavy atom. The maximum absolute atomic E-state index is 13.1. The van der Waals surface area contributed by atoms with Crippen molar-refractivity contribution in [2.45, 2.75) is 38.5 Å². The van der Waals surface area contributed by atoms with E-state index in [1.807, 2.05) is 33.8 Å². The van der Waals surface area contributed by atoms with Crippen LogP contribution in [0.5, 0.6) is 5.75 Å². The van der Waals surface area contributed by atoms with Crippen LogP contribution in [0.2, 0.25) is 0 Å². The van der Waals surface area contributed by atoms with Gasteiger partial charge in [-0.1, -0.05) is 19.9 Å². The molecule has 0 radical (unpaired) electrons. The predicted octanol–water partition coefficient (Wildman–Crippen LogP) is 3.66. The van der Waals surface area contributed by atoms with Gasteiger partial charge in [0.05, 0.1) is 7.11 Å². The summed E-state index contributed by atoms with van der Waals surface area (Å²) in [4.78, 5) is 4.46. The summed E-state index contributed by atoms with van der Waals surface area (Å²) in [6, 6.07) is 8.78. The SMILES string of the molecule is COc1cc(C)c(C(C)C)cc1S(=O)(=O)N(C)c1cccc(C)n1. The third-order valence-corrected chi connectivity index (χ3v) is 5.79. The summed E-state index contributed by atoms with van der Waals surface area (Å²) in [6.45, 7) is 7.86. The summed E-state index contributed by atoms with van der Waals surface area (Å²) in [7, 11) is -0.793. The maximum atomic E-state index is 13.1. The van der Waals surface area contributed by atoms with Crippen LogP contribution in [0.3, 0.4) is 0 Å². The second-order valence-electron chi connectivity index (χ2n) is 6.12. The van der Waals surface area contributed by atoms with Crippen molar-refractivity contribution in [1.82, 2.24) is 4.98 Å². The van der Waals surface area contributed by atoms with Crippen LogP contribution in [0.4, 0.5) is 5.82 Å². The first-order chi connectivity index (χ1) is 11.2. The van der Waals surface area contributed by atoms with Gasteiger partial charge in [-0.05, 0) is 55.2 Å². The highest BCUT2D eigenvalue weighted by atomic mass is 32.2. The van der Waals surface area contributed by atoms with E-state index >= 15 is 0 Å². The minimum atomic E-state index is -3.78. The molecular weight excluding hydrogens is 324 g/mol. The molecule has 0 atom stereocenters. The van der Waals surface area contributed by atoms with E-state index in [0.717, 1.165) is 16.8 Å². The van der Waals surface area contributed by atoms with Gasteiger partial charge in [0.15, 0.2) is 0 Å². The van der Waals surface area contributed by atoms with Crippen LogP contribution in [0, 0.1) is 13.8 Å². The average Bonchev–Trinajstić information content (AvgIpc) is 2.53. The summed E-state index contributed by atoms with van der Waals surface area (Å²) in [5.41, 5.74) is 2.76. The molecule has 1 aromatic heterocycles. The van der Waals surface area contributed by atoms with Gasteiger partial charge in [-0.25, -0.2) is 13.4 Å². The van der Waals surface area contributed by atoms with Crippen molar-refractivity contribution in [2.24, 2.45) is 0 Å². The maximum Gasteiger partial charge on any atom is 0.268 e. The van der Waals surface area contributed by atoms with Crippen LogP contribution in [0.15, 0.2) is 35.2 Å². The average molecular weight is 348 g/mol. The molecule has 0 spiro atoms. The fourth-order valence-corrected chi connectivity index (χ4v) is 3.95. The standard InChI is InChI=1S/C18H24N2O3S/c1-12(2)15-11-17(16(23-6)10-13(15)3)24(21,22)20(5)18-9-7-8-14(4)19-18/h7-12H,1-6H3. The predicted molar refractivity (Wildman–Crippen MR) is 96.4 cm³/mol. The molecule has 6 heteroatoms. The molecule has 2 aromatic rings. The van der Waals surface area contributed by atoms with Gasteiger partial charge >= 0.3 is 0 Å². The van der Waals surface area contributed by atoms with Crippen LogP contribution in [-0.4, -0.2) is 27.6 Å². The number of methoxy groups -OCH3 is 1. The minimum Gasteiger partial charge on any atom is -0.495 e. The number of sulfonamides is 1. The van der Waals surface area contributed by atoms with Crippen molar-refractivity contribution in [3.63, 3.8) is 0 Å². The van der Waals surface area contributed by atoms with E-state index in [-0.39, 0.29) is 10.8 Å². The van der Waals surface area contributed by atoms with Crippen LogP contribution in [-0.2, 0) is 10.0 Å². The van der Waals surface area contributed by atoms with E-state index < -0.39 is 10.0 Å². The van der Waals surface area contributed by atoms with E-state index in [9.17, 15) is 8.42 Å². The molecule has 0 fully saturated rings. The third-order valence-electron chi connectivity index (χ3n) is 4.01. The van der Waals surface area contributed by atoms with Gasteiger partial charge in [0.2, 0.25) is 0 Å². The molecule has 0 aliphatic rings. The smallest absolute Gasteiger partial charge is 0.268 e. The summed E-state index contributed by atoms with van der Waals surface area (Å²) in [5, 5.41) is 0. The van der Waals surface area contributed by atoms with Gasteiger partial charge in [-0.2, -0.15) is 0 Å². The monoisotopic (exact) mass is 348 g/mol. The Morgan fingerprint density at radius 2 is 1.83 bits per heavy atom. The Hall–Kier alpha value is -2.08. The molecule has 0 unspecified atom stereocenters. The summed E-state index contributed by atoms with van der Waals surface area (Å²) < 4.78 is 32.8. The highest BCUT2D eigenvalue weighted by molar-refractivity contribution is 7.92. The molecule has 24 heavy (non-hydrogen) atoms. The van der Waals surface area contributed by atoms with Crippen LogP contribution >= 0.6 is 0 Å². The normalized spacial score (nSPS) is 11.6. The number of ether oxygens (including phenoxy) is 1. The molecule has 0 saturated carbocycles. The van der Waals surface area contributed by atoms with E-state index in [1.165, 1.54) is 18.5 Å². The fourth-order valence-electron chi connectivity index (χ4n) is 2.64. The first-order valence-electron chi connectivity index (χ1n) is 7.79. The van der Waals surface area contributed by atoms with Gasteiger partial charge < -0.3 is 4.74 Å². The molecule has 1 heterocycles. The Bertz CT molecular complexity index is 845. The van der Waals surface area contributed by atoms with Crippen LogP contribution in [0.25, 0.3) is 0 Å². The topological polar surface area (TPSA) is 59.5 Å². The first kappa shape index (κ1) is 18.3. The molecule has 0 aliphatic carbocycles. The number of aryl methyl sites for hydroxylation is 2. The number of aromatic nitrogens is 1. The third kappa shape index (κ3) is 3.38. The molecule has 1 aromatic carbocycles. The second kappa shape index (κ2) is 6.81. The molecule has 130 valence electrons.